The number of hydrogen-bond acceptors (Lipinski definition) is 6. The fourth-order valence-corrected chi connectivity index (χ4v) is 2.92. The highest BCUT2D eigenvalue weighted by Gasteiger charge is 2.24. The van der Waals surface area contributed by atoms with Crippen LogP contribution < -0.4 is 0 Å². The maximum atomic E-state index is 12.7. The number of tetrazole rings is 1. The zero-order valence-electron chi connectivity index (χ0n) is 12.7. The van der Waals surface area contributed by atoms with Gasteiger partial charge in [-0.15, -0.1) is 5.10 Å². The molecule has 0 bridgehead atoms. The highest BCUT2D eigenvalue weighted by Crippen LogP contribution is 2.37. The lowest BCUT2D eigenvalue weighted by molar-refractivity contribution is 0.103. The molecule has 24 heavy (non-hydrogen) atoms. The summed E-state index contributed by atoms with van der Waals surface area (Å²) in [5.74, 6) is -0.353. The Hall–Kier alpha value is -2.45. The van der Waals surface area contributed by atoms with E-state index in [0.717, 1.165) is 0 Å². The summed E-state index contributed by atoms with van der Waals surface area (Å²) in [5.41, 5.74) is 0.576. The molecule has 0 atom stereocenters. The Balaban J connectivity index is 2.14. The molecular weight excluding hydrogens is 355 g/mol. The highest BCUT2D eigenvalue weighted by molar-refractivity contribution is 6.41. The van der Waals surface area contributed by atoms with Crippen molar-refractivity contribution in [3.05, 3.63) is 39.5 Å². The van der Waals surface area contributed by atoms with Gasteiger partial charge < -0.3 is 5.11 Å². The summed E-state index contributed by atoms with van der Waals surface area (Å²) in [6.07, 6.45) is 1.30. The molecule has 0 aliphatic rings. The van der Waals surface area contributed by atoms with Crippen LogP contribution >= 0.6 is 23.2 Å². The summed E-state index contributed by atoms with van der Waals surface area (Å²) >= 11 is 12.6. The van der Waals surface area contributed by atoms with E-state index in [9.17, 15) is 9.90 Å². The van der Waals surface area contributed by atoms with Crippen LogP contribution in [0.25, 0.3) is 11.4 Å². The van der Waals surface area contributed by atoms with Gasteiger partial charge in [0.25, 0.3) is 0 Å². The van der Waals surface area contributed by atoms with Gasteiger partial charge in [0.1, 0.15) is 5.56 Å². The molecule has 2 heterocycles. The molecule has 3 rings (SSSR count). The van der Waals surface area contributed by atoms with Gasteiger partial charge in [-0.1, -0.05) is 23.2 Å². The van der Waals surface area contributed by atoms with Crippen molar-refractivity contribution in [2.24, 2.45) is 7.05 Å². The van der Waals surface area contributed by atoms with Gasteiger partial charge >= 0.3 is 0 Å². The quantitative estimate of drug-likeness (QED) is 0.711. The first-order valence-electron chi connectivity index (χ1n) is 6.95. The first-order valence-corrected chi connectivity index (χ1v) is 7.71. The molecule has 0 saturated carbocycles. The number of hydrogen-bond donors (Lipinski definition) is 1. The molecule has 8 nitrogen and oxygen atoms in total. The summed E-state index contributed by atoms with van der Waals surface area (Å²) in [6.45, 7) is 2.23. The van der Waals surface area contributed by atoms with Gasteiger partial charge in [-0.2, -0.15) is 5.10 Å². The van der Waals surface area contributed by atoms with Crippen molar-refractivity contribution in [2.75, 3.05) is 0 Å². The number of aryl methyl sites for hydroxylation is 2. The van der Waals surface area contributed by atoms with E-state index in [-0.39, 0.29) is 22.0 Å². The summed E-state index contributed by atoms with van der Waals surface area (Å²) in [7, 11) is 1.63. The van der Waals surface area contributed by atoms with Gasteiger partial charge in [0.05, 0.1) is 21.8 Å². The minimum Gasteiger partial charge on any atom is -0.493 e. The van der Waals surface area contributed by atoms with Crippen molar-refractivity contribution in [3.63, 3.8) is 0 Å². The maximum absolute atomic E-state index is 12.7. The van der Waals surface area contributed by atoms with Crippen LogP contribution in [0.5, 0.6) is 5.88 Å². The summed E-state index contributed by atoms with van der Waals surface area (Å²) in [6, 6.07) is 3.02. The van der Waals surface area contributed by atoms with E-state index in [4.69, 9.17) is 23.2 Å². The summed E-state index contributed by atoms with van der Waals surface area (Å²) in [4.78, 5) is 12.7. The molecule has 0 aliphatic heterocycles. The molecule has 0 spiro atoms. The second-order valence-electron chi connectivity index (χ2n) is 4.94. The lowest BCUT2D eigenvalue weighted by atomic mass is 10.0. The average Bonchev–Trinajstić information content (AvgIpc) is 3.13. The Bertz CT molecular complexity index is 933. The smallest absolute Gasteiger partial charge is 0.220 e. The molecule has 0 aliphatic carbocycles. The molecule has 124 valence electrons. The van der Waals surface area contributed by atoms with Crippen molar-refractivity contribution >= 4 is 29.0 Å². The Kier molecular flexibility index (Phi) is 4.25. The van der Waals surface area contributed by atoms with E-state index in [0.29, 0.717) is 23.0 Å². The normalized spacial score (nSPS) is 11.0. The zero-order valence-corrected chi connectivity index (χ0v) is 14.2. The number of aromatic nitrogens is 6. The molecular formula is C14H12Cl2N6O2. The van der Waals surface area contributed by atoms with E-state index in [1.165, 1.54) is 27.7 Å². The van der Waals surface area contributed by atoms with E-state index in [2.05, 4.69) is 20.6 Å². The van der Waals surface area contributed by atoms with Crippen molar-refractivity contribution in [2.45, 2.75) is 13.5 Å². The Morgan fingerprint density at radius 3 is 2.62 bits per heavy atom. The fourth-order valence-electron chi connectivity index (χ4n) is 2.29. The molecule has 0 radical (unpaired) electrons. The minimum atomic E-state index is -0.467. The van der Waals surface area contributed by atoms with Crippen LogP contribution in [0, 0.1) is 0 Å². The van der Waals surface area contributed by atoms with Crippen LogP contribution in [0.1, 0.15) is 22.8 Å². The lowest BCUT2D eigenvalue weighted by Gasteiger charge is -2.09. The predicted octanol–water partition coefficient (Wildman–Crippen LogP) is 2.34. The van der Waals surface area contributed by atoms with Crippen molar-refractivity contribution in [1.29, 1.82) is 0 Å². The van der Waals surface area contributed by atoms with Gasteiger partial charge in [-0.05, 0) is 29.5 Å². The third-order valence-corrected chi connectivity index (χ3v) is 4.24. The number of rotatable bonds is 4. The first-order chi connectivity index (χ1) is 11.5. The molecule has 3 aromatic rings. The number of carbonyl (C=O) groups excluding carboxylic acids is 1. The predicted molar refractivity (Wildman–Crippen MR) is 87.3 cm³/mol. The van der Waals surface area contributed by atoms with Gasteiger partial charge in [-0.3, -0.25) is 4.79 Å². The second-order valence-corrected chi connectivity index (χ2v) is 5.72. The molecule has 0 saturated heterocycles. The Labute approximate surface area is 146 Å². The monoisotopic (exact) mass is 366 g/mol. The number of aromatic hydroxyl groups is 1. The summed E-state index contributed by atoms with van der Waals surface area (Å²) in [5, 5.41) is 25.6. The molecule has 2 aromatic heterocycles. The largest absolute Gasteiger partial charge is 0.493 e. The molecule has 10 heteroatoms. The molecule has 1 aromatic carbocycles. The number of ketones is 1. The number of carbonyl (C=O) groups is 1. The number of halogens is 2. The number of benzene rings is 1. The molecule has 0 amide bonds. The van der Waals surface area contributed by atoms with E-state index >= 15 is 0 Å². The third kappa shape index (κ3) is 2.53. The average molecular weight is 367 g/mol. The van der Waals surface area contributed by atoms with Crippen LogP contribution in [0.2, 0.25) is 10.0 Å². The van der Waals surface area contributed by atoms with Crippen molar-refractivity contribution < 1.29 is 9.90 Å². The van der Waals surface area contributed by atoms with Crippen LogP contribution in [0.15, 0.2) is 18.3 Å². The van der Waals surface area contributed by atoms with Gasteiger partial charge in [0, 0.05) is 19.2 Å². The molecule has 1 N–H and O–H groups in total. The van der Waals surface area contributed by atoms with Crippen LogP contribution in [-0.4, -0.2) is 40.9 Å². The minimum absolute atomic E-state index is 0.0584. The molecule has 0 fully saturated rings. The van der Waals surface area contributed by atoms with Crippen LogP contribution in [-0.2, 0) is 13.6 Å². The Morgan fingerprint density at radius 1 is 1.29 bits per heavy atom. The van der Waals surface area contributed by atoms with Gasteiger partial charge in [0.15, 0.2) is 5.82 Å². The van der Waals surface area contributed by atoms with Crippen LogP contribution in [0.4, 0.5) is 0 Å². The van der Waals surface area contributed by atoms with Crippen LogP contribution in [0.3, 0.4) is 0 Å². The highest BCUT2D eigenvalue weighted by atomic mass is 35.5. The third-order valence-electron chi connectivity index (χ3n) is 3.54. The van der Waals surface area contributed by atoms with E-state index in [1.807, 2.05) is 0 Å². The van der Waals surface area contributed by atoms with Gasteiger partial charge in [0.2, 0.25) is 11.7 Å². The maximum Gasteiger partial charge on any atom is 0.220 e. The SMILES string of the molecule is CCn1ncc(C(=O)c2ccc(Cl)c(-c3nnnn3C)c2Cl)c1O. The lowest BCUT2D eigenvalue weighted by Crippen LogP contribution is -2.05. The first kappa shape index (κ1) is 16.4. The topological polar surface area (TPSA) is 98.7 Å². The molecule has 0 unspecified atom stereocenters. The number of nitrogens with zero attached hydrogens (tertiary/aromatic N) is 6. The van der Waals surface area contributed by atoms with Crippen molar-refractivity contribution in [3.8, 4) is 17.3 Å². The standard InChI is InChI=1S/C14H12Cl2N6O2/c1-3-22-14(24)8(6-17-22)12(23)7-4-5-9(15)10(11(7)16)13-18-19-20-21(13)2/h4-6,24H,3H2,1-2H3. The van der Waals surface area contributed by atoms with Crippen molar-refractivity contribution in [1.82, 2.24) is 30.0 Å². The van der Waals surface area contributed by atoms with E-state index in [1.54, 1.807) is 14.0 Å². The Morgan fingerprint density at radius 2 is 2.04 bits per heavy atom. The van der Waals surface area contributed by atoms with Gasteiger partial charge in [-0.25, -0.2) is 9.36 Å². The second kappa shape index (κ2) is 6.21. The van der Waals surface area contributed by atoms with E-state index < -0.39 is 5.78 Å². The fraction of sp³-hybridized carbons (Fsp3) is 0.214. The summed E-state index contributed by atoms with van der Waals surface area (Å²) < 4.78 is 2.71. The zero-order chi connectivity index (χ0) is 17.4.